The normalized spacial score (nSPS) is 17.3. The summed E-state index contributed by atoms with van der Waals surface area (Å²) >= 11 is 0. The predicted octanol–water partition coefficient (Wildman–Crippen LogP) is 5.29. The Balaban J connectivity index is 2.26. The van der Waals surface area contributed by atoms with Gasteiger partial charge in [-0.25, -0.2) is 0 Å². The van der Waals surface area contributed by atoms with Gasteiger partial charge in [-0.05, 0) is 84.6 Å². The van der Waals surface area contributed by atoms with Gasteiger partial charge in [-0.3, -0.25) is 19.4 Å². The number of benzene rings is 2. The van der Waals surface area contributed by atoms with Crippen molar-refractivity contribution in [3.8, 4) is 0 Å². The summed E-state index contributed by atoms with van der Waals surface area (Å²) in [5, 5.41) is 0. The second-order valence-corrected chi connectivity index (χ2v) is 9.10. The summed E-state index contributed by atoms with van der Waals surface area (Å²) in [5.41, 5.74) is 7.18. The number of carbonyl (C=O) groups excluding carboxylic acids is 2. The van der Waals surface area contributed by atoms with E-state index < -0.39 is 11.6 Å². The molecular formula is C25H32N2O2. The van der Waals surface area contributed by atoms with Crippen LogP contribution in [-0.2, 0) is 9.59 Å². The van der Waals surface area contributed by atoms with Crippen LogP contribution in [0.4, 0.5) is 11.4 Å². The van der Waals surface area contributed by atoms with Crippen molar-refractivity contribution in [2.24, 2.45) is 5.41 Å². The van der Waals surface area contributed by atoms with Crippen molar-refractivity contribution >= 4 is 23.2 Å². The van der Waals surface area contributed by atoms with Crippen molar-refractivity contribution in [2.45, 2.75) is 68.5 Å². The van der Waals surface area contributed by atoms with Gasteiger partial charge in [0.15, 0.2) is 0 Å². The molecule has 29 heavy (non-hydrogen) atoms. The van der Waals surface area contributed by atoms with Crippen LogP contribution in [0.1, 0.15) is 54.2 Å². The van der Waals surface area contributed by atoms with E-state index in [2.05, 4.69) is 38.1 Å². The third-order valence-corrected chi connectivity index (χ3v) is 6.01. The van der Waals surface area contributed by atoms with Gasteiger partial charge in [-0.15, -0.1) is 0 Å². The number of hydrogen-bond donors (Lipinski definition) is 0. The van der Waals surface area contributed by atoms with Crippen LogP contribution >= 0.6 is 0 Å². The first-order chi connectivity index (χ1) is 13.4. The molecule has 1 heterocycles. The predicted molar refractivity (Wildman–Crippen MR) is 120 cm³/mol. The highest BCUT2D eigenvalue weighted by Gasteiger charge is 2.52. The number of carbonyl (C=O) groups is 2. The molecule has 0 aromatic heterocycles. The number of nitrogens with zero attached hydrogens (tertiary/aromatic N) is 2. The molecule has 0 saturated carbocycles. The van der Waals surface area contributed by atoms with Gasteiger partial charge < -0.3 is 0 Å². The minimum absolute atomic E-state index is 0.149. The Kier molecular flexibility index (Phi) is 5.10. The minimum Gasteiger partial charge on any atom is -0.290 e. The van der Waals surface area contributed by atoms with Gasteiger partial charge in [0.1, 0.15) is 11.6 Å². The lowest BCUT2D eigenvalue weighted by Gasteiger charge is -2.49. The average molecular weight is 393 g/mol. The highest BCUT2D eigenvalue weighted by Crippen LogP contribution is 2.41. The van der Waals surface area contributed by atoms with Gasteiger partial charge >= 0.3 is 0 Å². The molecule has 154 valence electrons. The molecule has 3 rings (SSSR count). The molecule has 0 atom stereocenters. The summed E-state index contributed by atoms with van der Waals surface area (Å²) < 4.78 is 0. The van der Waals surface area contributed by atoms with E-state index in [1.165, 1.54) is 11.1 Å². The van der Waals surface area contributed by atoms with Crippen molar-refractivity contribution in [2.75, 3.05) is 9.80 Å². The fourth-order valence-corrected chi connectivity index (χ4v) is 4.83. The molecule has 0 unspecified atom stereocenters. The number of aryl methyl sites for hydroxylation is 6. The Labute approximate surface area is 174 Å². The molecule has 0 N–H and O–H groups in total. The van der Waals surface area contributed by atoms with E-state index in [4.69, 9.17) is 0 Å². The molecule has 2 aromatic carbocycles. The molecule has 1 aliphatic heterocycles. The number of hydrogen-bond acceptors (Lipinski definition) is 2. The second-order valence-electron chi connectivity index (χ2n) is 9.10. The van der Waals surface area contributed by atoms with Crippen LogP contribution in [0.3, 0.4) is 0 Å². The van der Waals surface area contributed by atoms with Crippen molar-refractivity contribution in [1.29, 1.82) is 0 Å². The SMILES string of the molecule is Cc1cc(C)c(N2C(=O)C(C)(C)C(=O)N(c3c(C)cc(C)cc3C)C2C)c(C)c1. The van der Waals surface area contributed by atoms with Gasteiger partial charge in [0.25, 0.3) is 0 Å². The lowest BCUT2D eigenvalue weighted by molar-refractivity contribution is -0.141. The van der Waals surface area contributed by atoms with Crippen LogP contribution in [0.5, 0.6) is 0 Å². The molecule has 2 amide bonds. The van der Waals surface area contributed by atoms with E-state index in [-0.39, 0.29) is 11.8 Å². The summed E-state index contributed by atoms with van der Waals surface area (Å²) in [7, 11) is 0. The summed E-state index contributed by atoms with van der Waals surface area (Å²) in [6.07, 6.45) is -0.414. The van der Waals surface area contributed by atoms with Crippen LogP contribution < -0.4 is 9.80 Å². The van der Waals surface area contributed by atoms with Crippen molar-refractivity contribution in [1.82, 2.24) is 0 Å². The lowest BCUT2D eigenvalue weighted by Crippen LogP contribution is -2.66. The van der Waals surface area contributed by atoms with E-state index in [0.29, 0.717) is 0 Å². The second kappa shape index (κ2) is 7.01. The fraction of sp³-hybridized carbons (Fsp3) is 0.440. The van der Waals surface area contributed by atoms with Crippen LogP contribution in [0.2, 0.25) is 0 Å². The van der Waals surface area contributed by atoms with Crippen LogP contribution in [0.25, 0.3) is 0 Å². The molecule has 0 aliphatic carbocycles. The van der Waals surface area contributed by atoms with E-state index >= 15 is 0 Å². The topological polar surface area (TPSA) is 40.6 Å². The summed E-state index contributed by atoms with van der Waals surface area (Å²) in [6, 6.07) is 8.38. The van der Waals surface area contributed by atoms with Crippen LogP contribution in [0, 0.1) is 47.0 Å². The lowest BCUT2D eigenvalue weighted by atomic mass is 9.84. The first-order valence-electron chi connectivity index (χ1n) is 10.2. The van der Waals surface area contributed by atoms with Crippen molar-refractivity contribution < 1.29 is 9.59 Å². The van der Waals surface area contributed by atoms with E-state index in [9.17, 15) is 9.59 Å². The maximum Gasteiger partial charge on any atom is 0.243 e. The van der Waals surface area contributed by atoms with Crippen LogP contribution in [-0.4, -0.2) is 18.0 Å². The molecule has 1 saturated heterocycles. The molecule has 0 radical (unpaired) electrons. The van der Waals surface area contributed by atoms with E-state index in [1.54, 1.807) is 13.8 Å². The highest BCUT2D eigenvalue weighted by atomic mass is 16.2. The number of rotatable bonds is 2. The summed E-state index contributed by atoms with van der Waals surface area (Å²) in [4.78, 5) is 30.7. The standard InChI is InChI=1S/C25H32N2O2/c1-14-10-16(3)21(17(4)11-14)26-20(7)27(24(29)25(8,9)23(26)28)22-18(5)12-15(2)13-19(22)6/h10-13,20H,1-9H3. The zero-order valence-electron chi connectivity index (χ0n) is 19.1. The zero-order chi connectivity index (χ0) is 21.8. The Hall–Kier alpha value is -2.62. The van der Waals surface area contributed by atoms with Gasteiger partial charge in [0.2, 0.25) is 11.8 Å². The van der Waals surface area contributed by atoms with Gasteiger partial charge in [0, 0.05) is 0 Å². The van der Waals surface area contributed by atoms with E-state index in [1.807, 2.05) is 44.4 Å². The Morgan fingerprint density at radius 1 is 0.655 bits per heavy atom. The smallest absolute Gasteiger partial charge is 0.243 e. The molecule has 1 aliphatic rings. The fourth-order valence-electron chi connectivity index (χ4n) is 4.83. The average Bonchev–Trinajstić information content (AvgIpc) is 2.58. The first kappa shape index (κ1) is 21.1. The van der Waals surface area contributed by atoms with Crippen molar-refractivity contribution in [3.63, 3.8) is 0 Å². The minimum atomic E-state index is -1.14. The summed E-state index contributed by atoms with van der Waals surface area (Å²) in [5.74, 6) is -0.299. The molecular weight excluding hydrogens is 360 g/mol. The van der Waals surface area contributed by atoms with Gasteiger partial charge in [-0.2, -0.15) is 0 Å². The first-order valence-corrected chi connectivity index (χ1v) is 10.2. The Morgan fingerprint density at radius 3 is 1.21 bits per heavy atom. The zero-order valence-corrected chi connectivity index (χ0v) is 19.1. The Bertz CT molecular complexity index is 894. The van der Waals surface area contributed by atoms with E-state index in [0.717, 1.165) is 33.6 Å². The summed E-state index contributed by atoms with van der Waals surface area (Å²) in [6.45, 7) is 17.7. The highest BCUT2D eigenvalue weighted by molar-refractivity contribution is 6.20. The maximum absolute atomic E-state index is 13.5. The third kappa shape index (κ3) is 3.25. The Morgan fingerprint density at radius 2 is 0.931 bits per heavy atom. The molecule has 0 spiro atoms. The molecule has 1 fully saturated rings. The van der Waals surface area contributed by atoms with Crippen molar-refractivity contribution in [3.05, 3.63) is 57.6 Å². The van der Waals surface area contributed by atoms with Gasteiger partial charge in [0.05, 0.1) is 11.4 Å². The molecule has 0 bridgehead atoms. The third-order valence-electron chi connectivity index (χ3n) is 6.01. The number of amides is 2. The van der Waals surface area contributed by atoms with Crippen LogP contribution in [0.15, 0.2) is 24.3 Å². The molecule has 2 aromatic rings. The number of anilines is 2. The maximum atomic E-state index is 13.5. The quantitative estimate of drug-likeness (QED) is 0.652. The molecule has 4 nitrogen and oxygen atoms in total. The molecule has 4 heteroatoms. The largest absolute Gasteiger partial charge is 0.290 e. The monoisotopic (exact) mass is 392 g/mol. The van der Waals surface area contributed by atoms with Gasteiger partial charge in [-0.1, -0.05) is 35.4 Å².